The van der Waals surface area contributed by atoms with Crippen molar-refractivity contribution in [1.29, 1.82) is 0 Å². The van der Waals surface area contributed by atoms with Gasteiger partial charge in [0.1, 0.15) is 11.6 Å². The predicted octanol–water partition coefficient (Wildman–Crippen LogP) is 2.66. The Morgan fingerprint density at radius 2 is 2.11 bits per heavy atom. The second-order valence-electron chi connectivity index (χ2n) is 7.38. The molecule has 0 bridgehead atoms. The summed E-state index contributed by atoms with van der Waals surface area (Å²) in [5.74, 6) is 0.382. The SMILES string of the molecule is O=C(NCc1ccco1)[C@@H]1C[C@@]12CCN(C(=O)NCc1cccc(F)c1)C2. The standard InChI is InChI=1S/C20H22FN3O3/c21-15-4-1-3-14(9-15)11-23-19(26)24-7-6-20(13-24)10-17(20)18(25)22-12-16-5-2-8-27-16/h1-5,8-9,17H,6-7,10-13H2,(H,22,25)(H,23,26)/t17-,20+/m0/s1. The molecule has 1 aliphatic heterocycles. The Kier molecular flexibility index (Phi) is 4.59. The van der Waals surface area contributed by atoms with E-state index in [0.717, 1.165) is 24.2 Å². The summed E-state index contributed by atoms with van der Waals surface area (Å²) >= 11 is 0. The lowest BCUT2D eigenvalue weighted by Gasteiger charge is -2.17. The van der Waals surface area contributed by atoms with Crippen LogP contribution in [0.2, 0.25) is 0 Å². The first-order valence-electron chi connectivity index (χ1n) is 9.13. The van der Waals surface area contributed by atoms with E-state index in [0.29, 0.717) is 19.6 Å². The van der Waals surface area contributed by atoms with Gasteiger partial charge >= 0.3 is 6.03 Å². The summed E-state index contributed by atoms with van der Waals surface area (Å²) in [6, 6.07) is 9.62. The van der Waals surface area contributed by atoms with Crippen LogP contribution in [0.5, 0.6) is 0 Å². The molecule has 142 valence electrons. The van der Waals surface area contributed by atoms with Gasteiger partial charge in [0.15, 0.2) is 0 Å². The molecule has 7 heteroatoms. The highest BCUT2D eigenvalue weighted by molar-refractivity contribution is 5.83. The van der Waals surface area contributed by atoms with Crippen molar-refractivity contribution in [2.24, 2.45) is 11.3 Å². The smallest absolute Gasteiger partial charge is 0.317 e. The van der Waals surface area contributed by atoms with E-state index in [1.807, 2.05) is 6.07 Å². The van der Waals surface area contributed by atoms with E-state index in [-0.39, 0.29) is 35.6 Å². The zero-order valence-electron chi connectivity index (χ0n) is 14.9. The molecule has 1 saturated carbocycles. The maximum Gasteiger partial charge on any atom is 0.317 e. The van der Waals surface area contributed by atoms with Gasteiger partial charge in [-0.05, 0) is 42.7 Å². The first kappa shape index (κ1) is 17.6. The summed E-state index contributed by atoms with van der Waals surface area (Å²) in [7, 11) is 0. The first-order valence-corrected chi connectivity index (χ1v) is 9.13. The number of benzene rings is 1. The van der Waals surface area contributed by atoms with Crippen molar-refractivity contribution in [2.45, 2.75) is 25.9 Å². The van der Waals surface area contributed by atoms with Gasteiger partial charge in [-0.25, -0.2) is 9.18 Å². The molecule has 0 radical (unpaired) electrons. The van der Waals surface area contributed by atoms with Gasteiger partial charge in [-0.2, -0.15) is 0 Å². The summed E-state index contributed by atoms with van der Waals surface area (Å²) in [5.41, 5.74) is 0.627. The fraction of sp³-hybridized carbons (Fsp3) is 0.400. The summed E-state index contributed by atoms with van der Waals surface area (Å²) in [6.07, 6.45) is 3.22. The second-order valence-corrected chi connectivity index (χ2v) is 7.38. The van der Waals surface area contributed by atoms with Crippen molar-refractivity contribution in [3.05, 3.63) is 59.8 Å². The lowest BCUT2D eigenvalue weighted by molar-refractivity contribution is -0.123. The average molecular weight is 371 g/mol. The minimum atomic E-state index is -0.316. The summed E-state index contributed by atoms with van der Waals surface area (Å²) in [4.78, 5) is 26.5. The zero-order valence-corrected chi connectivity index (χ0v) is 14.9. The molecule has 1 aromatic heterocycles. The van der Waals surface area contributed by atoms with E-state index in [9.17, 15) is 14.0 Å². The molecule has 2 aliphatic rings. The molecule has 4 rings (SSSR count). The Hall–Kier alpha value is -2.83. The van der Waals surface area contributed by atoms with Crippen molar-refractivity contribution < 1.29 is 18.4 Å². The van der Waals surface area contributed by atoms with Gasteiger partial charge in [0.2, 0.25) is 5.91 Å². The number of nitrogens with zero attached hydrogens (tertiary/aromatic N) is 1. The Morgan fingerprint density at radius 3 is 2.89 bits per heavy atom. The predicted molar refractivity (Wildman–Crippen MR) is 95.9 cm³/mol. The normalized spacial score (nSPS) is 23.4. The average Bonchev–Trinajstić information content (AvgIpc) is 3.01. The number of carbonyl (C=O) groups excluding carboxylic acids is 2. The van der Waals surface area contributed by atoms with Crippen LogP contribution >= 0.6 is 0 Å². The maximum atomic E-state index is 13.2. The molecule has 1 saturated heterocycles. The molecule has 27 heavy (non-hydrogen) atoms. The topological polar surface area (TPSA) is 74.6 Å². The molecule has 2 aromatic rings. The fourth-order valence-corrected chi connectivity index (χ4v) is 3.89. The molecular formula is C20H22FN3O3. The molecule has 2 N–H and O–H groups in total. The Labute approximate surface area is 156 Å². The van der Waals surface area contributed by atoms with Crippen LogP contribution in [0.15, 0.2) is 47.1 Å². The summed E-state index contributed by atoms with van der Waals surface area (Å²) in [6.45, 7) is 1.89. The van der Waals surface area contributed by atoms with E-state index in [1.165, 1.54) is 12.1 Å². The van der Waals surface area contributed by atoms with Crippen molar-refractivity contribution in [3.63, 3.8) is 0 Å². The van der Waals surface area contributed by atoms with E-state index in [2.05, 4.69) is 10.6 Å². The van der Waals surface area contributed by atoms with Gasteiger partial charge in [0.25, 0.3) is 0 Å². The van der Waals surface area contributed by atoms with Crippen LogP contribution in [0.3, 0.4) is 0 Å². The van der Waals surface area contributed by atoms with Crippen LogP contribution in [0.1, 0.15) is 24.2 Å². The third kappa shape index (κ3) is 3.82. The number of likely N-dealkylation sites (tertiary alicyclic amines) is 1. The lowest BCUT2D eigenvalue weighted by Crippen LogP contribution is -2.38. The van der Waals surface area contributed by atoms with E-state index >= 15 is 0 Å². The fourth-order valence-electron chi connectivity index (χ4n) is 3.89. The molecular weight excluding hydrogens is 349 g/mol. The Balaban J connectivity index is 1.25. The van der Waals surface area contributed by atoms with E-state index in [1.54, 1.807) is 29.4 Å². The number of hydrogen-bond donors (Lipinski definition) is 2. The van der Waals surface area contributed by atoms with Crippen LogP contribution < -0.4 is 10.6 Å². The van der Waals surface area contributed by atoms with Crippen LogP contribution in [-0.2, 0) is 17.9 Å². The van der Waals surface area contributed by atoms with Crippen LogP contribution in [-0.4, -0.2) is 29.9 Å². The zero-order chi connectivity index (χ0) is 18.9. The number of amides is 3. The highest BCUT2D eigenvalue weighted by Gasteiger charge is 2.61. The highest BCUT2D eigenvalue weighted by Crippen LogP contribution is 2.58. The molecule has 2 atom stereocenters. The molecule has 2 fully saturated rings. The minimum Gasteiger partial charge on any atom is -0.467 e. The van der Waals surface area contributed by atoms with Crippen molar-refractivity contribution in [2.75, 3.05) is 13.1 Å². The maximum absolute atomic E-state index is 13.2. The van der Waals surface area contributed by atoms with Gasteiger partial charge in [-0.15, -0.1) is 0 Å². The molecule has 1 aromatic carbocycles. The number of urea groups is 1. The molecule has 0 unspecified atom stereocenters. The Morgan fingerprint density at radius 1 is 1.22 bits per heavy atom. The molecule has 1 aliphatic carbocycles. The second kappa shape index (κ2) is 7.06. The number of carbonyl (C=O) groups is 2. The van der Waals surface area contributed by atoms with E-state index < -0.39 is 0 Å². The van der Waals surface area contributed by atoms with Crippen LogP contribution in [0.4, 0.5) is 9.18 Å². The number of rotatable bonds is 5. The van der Waals surface area contributed by atoms with E-state index in [4.69, 9.17) is 4.42 Å². The molecule has 2 heterocycles. The first-order chi connectivity index (χ1) is 13.1. The van der Waals surface area contributed by atoms with Crippen LogP contribution in [0, 0.1) is 17.2 Å². The summed E-state index contributed by atoms with van der Waals surface area (Å²) in [5, 5.41) is 5.74. The van der Waals surface area contributed by atoms with Crippen LogP contribution in [0.25, 0.3) is 0 Å². The number of nitrogens with one attached hydrogen (secondary N) is 2. The number of hydrogen-bond acceptors (Lipinski definition) is 3. The summed E-state index contributed by atoms with van der Waals surface area (Å²) < 4.78 is 18.4. The van der Waals surface area contributed by atoms with Crippen molar-refractivity contribution in [3.8, 4) is 0 Å². The van der Waals surface area contributed by atoms with Crippen molar-refractivity contribution in [1.82, 2.24) is 15.5 Å². The molecule has 3 amide bonds. The molecule has 1 spiro atoms. The van der Waals surface area contributed by atoms with Gasteiger partial charge in [-0.3, -0.25) is 4.79 Å². The van der Waals surface area contributed by atoms with Gasteiger partial charge in [0, 0.05) is 31.0 Å². The monoisotopic (exact) mass is 371 g/mol. The largest absolute Gasteiger partial charge is 0.467 e. The Bertz CT molecular complexity index is 839. The highest BCUT2D eigenvalue weighted by atomic mass is 19.1. The lowest BCUT2D eigenvalue weighted by atomic mass is 10.0. The quantitative estimate of drug-likeness (QED) is 0.849. The van der Waals surface area contributed by atoms with Gasteiger partial charge in [0.05, 0.1) is 12.8 Å². The molecule has 6 nitrogen and oxygen atoms in total. The number of halogens is 1. The van der Waals surface area contributed by atoms with Gasteiger partial charge in [-0.1, -0.05) is 12.1 Å². The third-order valence-electron chi connectivity index (χ3n) is 5.53. The third-order valence-corrected chi connectivity index (χ3v) is 5.53. The van der Waals surface area contributed by atoms with Crippen molar-refractivity contribution >= 4 is 11.9 Å². The van der Waals surface area contributed by atoms with Gasteiger partial charge < -0.3 is 20.0 Å². The number of furan rings is 1. The minimum absolute atomic E-state index is 0.0217.